The number of nitrogens with two attached hydrogens (primary N) is 1. The Labute approximate surface area is 163 Å². The Kier molecular flexibility index (Phi) is 5.59. The van der Waals surface area contributed by atoms with Crippen molar-refractivity contribution in [3.05, 3.63) is 16.8 Å². The predicted octanol–water partition coefficient (Wildman–Crippen LogP) is 3.71. The Hall–Kier alpha value is -1.73. The summed E-state index contributed by atoms with van der Waals surface area (Å²) in [5.41, 5.74) is 7.36. The number of carbonyl (C=O) groups excluding carboxylic acids is 1. The van der Waals surface area contributed by atoms with Gasteiger partial charge in [-0.05, 0) is 63.4 Å². The molecule has 0 bridgehead atoms. The summed E-state index contributed by atoms with van der Waals surface area (Å²) in [6.07, 6.45) is 10.4. The van der Waals surface area contributed by atoms with Crippen molar-refractivity contribution in [3.63, 3.8) is 0 Å². The molecule has 2 N–H and O–H groups in total. The van der Waals surface area contributed by atoms with Crippen LogP contribution in [0.2, 0.25) is 0 Å². The average Bonchev–Trinajstić information content (AvgIpc) is 3.23. The minimum absolute atomic E-state index is 0.230. The highest BCUT2D eigenvalue weighted by atomic mass is 32.1. The molecule has 0 saturated heterocycles. The summed E-state index contributed by atoms with van der Waals surface area (Å²) in [6.45, 7) is 2.16. The highest BCUT2D eigenvalue weighted by Crippen LogP contribution is 2.47. The van der Waals surface area contributed by atoms with Gasteiger partial charge >= 0.3 is 5.97 Å². The predicted molar refractivity (Wildman–Crippen MR) is 105 cm³/mol. The van der Waals surface area contributed by atoms with Gasteiger partial charge in [0.25, 0.3) is 0 Å². The number of nitrogens with zero attached hydrogens (tertiary/aromatic N) is 2. The van der Waals surface area contributed by atoms with E-state index in [1.165, 1.54) is 29.7 Å². The van der Waals surface area contributed by atoms with Crippen LogP contribution in [0.4, 0.5) is 0 Å². The number of fused-ring (bicyclic) bond motifs is 3. The van der Waals surface area contributed by atoms with Gasteiger partial charge in [0.2, 0.25) is 5.88 Å². The Morgan fingerprint density at radius 3 is 2.89 bits per heavy atom. The van der Waals surface area contributed by atoms with Gasteiger partial charge in [0.05, 0.1) is 12.0 Å². The van der Waals surface area contributed by atoms with E-state index in [0.29, 0.717) is 18.9 Å². The van der Waals surface area contributed by atoms with E-state index in [1.807, 2.05) is 0 Å². The standard InChI is InChI=1S/C20H27N3O3S/c1-2-25-20(24)14(21)10-12-8-9-15-16(12)17-18(22-11-23-19(17)27-15)26-13-6-4-3-5-7-13/h11-14H,2-10,21H2,1H3/t12-,14?/m1/s1. The lowest BCUT2D eigenvalue weighted by Gasteiger charge is -2.23. The maximum absolute atomic E-state index is 12.0. The van der Waals surface area contributed by atoms with E-state index >= 15 is 0 Å². The number of aromatic nitrogens is 2. The quantitative estimate of drug-likeness (QED) is 0.758. The van der Waals surface area contributed by atoms with Gasteiger partial charge in [0.15, 0.2) is 0 Å². The van der Waals surface area contributed by atoms with Crippen LogP contribution in [-0.2, 0) is 16.0 Å². The maximum Gasteiger partial charge on any atom is 0.322 e. The molecule has 2 aromatic rings. The molecule has 7 heteroatoms. The smallest absolute Gasteiger partial charge is 0.322 e. The molecule has 2 aliphatic rings. The van der Waals surface area contributed by atoms with Crippen molar-refractivity contribution < 1.29 is 14.3 Å². The number of hydrogen-bond acceptors (Lipinski definition) is 7. The summed E-state index contributed by atoms with van der Waals surface area (Å²) in [4.78, 5) is 23.3. The number of aryl methyl sites for hydroxylation is 1. The molecule has 0 aromatic carbocycles. The molecule has 1 saturated carbocycles. The largest absolute Gasteiger partial charge is 0.474 e. The van der Waals surface area contributed by atoms with Crippen molar-refractivity contribution in [1.29, 1.82) is 0 Å². The summed E-state index contributed by atoms with van der Waals surface area (Å²) >= 11 is 1.72. The number of rotatable bonds is 6. The topological polar surface area (TPSA) is 87.3 Å². The van der Waals surface area contributed by atoms with E-state index in [0.717, 1.165) is 35.9 Å². The lowest BCUT2D eigenvalue weighted by atomic mass is 9.93. The van der Waals surface area contributed by atoms with Crippen molar-refractivity contribution in [1.82, 2.24) is 9.97 Å². The van der Waals surface area contributed by atoms with Crippen molar-refractivity contribution >= 4 is 27.5 Å². The van der Waals surface area contributed by atoms with E-state index in [2.05, 4.69) is 9.97 Å². The van der Waals surface area contributed by atoms with E-state index in [1.54, 1.807) is 24.6 Å². The van der Waals surface area contributed by atoms with Crippen molar-refractivity contribution in [2.45, 2.75) is 76.4 Å². The van der Waals surface area contributed by atoms with Crippen LogP contribution in [-0.4, -0.2) is 34.7 Å². The normalized spacial score (nSPS) is 21.2. The third-order valence-electron chi connectivity index (χ3n) is 5.65. The Morgan fingerprint density at radius 1 is 1.30 bits per heavy atom. The molecule has 2 aromatic heterocycles. The van der Waals surface area contributed by atoms with Crippen LogP contribution in [0.3, 0.4) is 0 Å². The molecule has 0 amide bonds. The summed E-state index contributed by atoms with van der Waals surface area (Å²) < 4.78 is 11.4. The lowest BCUT2D eigenvalue weighted by Crippen LogP contribution is -2.33. The van der Waals surface area contributed by atoms with Crippen LogP contribution in [0.5, 0.6) is 5.88 Å². The second kappa shape index (κ2) is 8.10. The number of ether oxygens (including phenoxy) is 2. The van der Waals surface area contributed by atoms with Gasteiger partial charge in [0.1, 0.15) is 23.3 Å². The van der Waals surface area contributed by atoms with Gasteiger partial charge in [-0.3, -0.25) is 4.79 Å². The number of esters is 1. The Bertz CT molecular complexity index is 816. The third-order valence-corrected chi connectivity index (χ3v) is 6.83. The van der Waals surface area contributed by atoms with Crippen LogP contribution in [0.15, 0.2) is 6.33 Å². The maximum atomic E-state index is 12.0. The Morgan fingerprint density at radius 2 is 2.11 bits per heavy atom. The molecular formula is C20H27N3O3S. The molecular weight excluding hydrogens is 362 g/mol. The average molecular weight is 390 g/mol. The number of hydrogen-bond donors (Lipinski definition) is 1. The fraction of sp³-hybridized carbons (Fsp3) is 0.650. The SMILES string of the molecule is CCOC(=O)C(N)C[C@H]1CCc2sc3ncnc(OC4CCCCC4)c3c21. The molecule has 27 heavy (non-hydrogen) atoms. The van der Waals surface area contributed by atoms with Gasteiger partial charge in [-0.2, -0.15) is 0 Å². The molecule has 2 atom stereocenters. The van der Waals surface area contributed by atoms with E-state index < -0.39 is 6.04 Å². The van der Waals surface area contributed by atoms with Crippen molar-refractivity contribution in [2.24, 2.45) is 5.73 Å². The zero-order valence-electron chi connectivity index (χ0n) is 15.8. The minimum Gasteiger partial charge on any atom is -0.474 e. The lowest BCUT2D eigenvalue weighted by molar-refractivity contribution is -0.144. The molecule has 2 aliphatic carbocycles. The van der Waals surface area contributed by atoms with E-state index in [9.17, 15) is 4.79 Å². The van der Waals surface area contributed by atoms with E-state index in [4.69, 9.17) is 15.2 Å². The molecule has 1 fully saturated rings. The number of thiophene rings is 1. The van der Waals surface area contributed by atoms with E-state index in [-0.39, 0.29) is 18.0 Å². The van der Waals surface area contributed by atoms with Gasteiger partial charge in [0, 0.05) is 4.88 Å². The molecule has 0 radical (unpaired) electrons. The summed E-state index contributed by atoms with van der Waals surface area (Å²) in [6, 6.07) is -0.594. The van der Waals surface area contributed by atoms with Crippen LogP contribution < -0.4 is 10.5 Å². The minimum atomic E-state index is -0.594. The van der Waals surface area contributed by atoms with Crippen molar-refractivity contribution in [3.8, 4) is 5.88 Å². The molecule has 6 nitrogen and oxygen atoms in total. The van der Waals surface area contributed by atoms with Crippen molar-refractivity contribution in [2.75, 3.05) is 6.61 Å². The van der Waals surface area contributed by atoms with Gasteiger partial charge in [-0.25, -0.2) is 9.97 Å². The first-order valence-electron chi connectivity index (χ1n) is 10.0. The van der Waals surface area contributed by atoms with Crippen LogP contribution in [0.25, 0.3) is 10.2 Å². The zero-order valence-corrected chi connectivity index (χ0v) is 16.6. The summed E-state index contributed by atoms with van der Waals surface area (Å²) in [7, 11) is 0. The summed E-state index contributed by atoms with van der Waals surface area (Å²) in [5.74, 6) is 0.620. The first kappa shape index (κ1) is 18.6. The fourth-order valence-corrected chi connectivity index (χ4v) is 5.59. The molecule has 1 unspecified atom stereocenters. The second-order valence-corrected chi connectivity index (χ2v) is 8.59. The molecule has 146 valence electrons. The van der Waals surface area contributed by atoms with Crippen LogP contribution >= 0.6 is 11.3 Å². The Balaban J connectivity index is 1.61. The van der Waals surface area contributed by atoms with Gasteiger partial charge in [-0.1, -0.05) is 6.42 Å². The van der Waals surface area contributed by atoms with Crippen LogP contribution in [0.1, 0.15) is 68.2 Å². The third kappa shape index (κ3) is 3.80. The van der Waals surface area contributed by atoms with Gasteiger partial charge < -0.3 is 15.2 Å². The highest BCUT2D eigenvalue weighted by Gasteiger charge is 2.33. The highest BCUT2D eigenvalue weighted by molar-refractivity contribution is 7.19. The second-order valence-electron chi connectivity index (χ2n) is 7.51. The summed E-state index contributed by atoms with van der Waals surface area (Å²) in [5, 5.41) is 1.04. The number of carbonyl (C=O) groups is 1. The molecule has 0 spiro atoms. The molecule has 2 heterocycles. The van der Waals surface area contributed by atoms with Crippen LogP contribution in [0, 0.1) is 0 Å². The molecule has 0 aliphatic heterocycles. The zero-order chi connectivity index (χ0) is 18.8. The molecule has 4 rings (SSSR count). The first-order chi connectivity index (χ1) is 13.2. The monoisotopic (exact) mass is 389 g/mol. The van der Waals surface area contributed by atoms with Gasteiger partial charge in [-0.15, -0.1) is 11.3 Å². The fourth-order valence-electron chi connectivity index (χ4n) is 4.36. The first-order valence-corrected chi connectivity index (χ1v) is 10.8.